The van der Waals surface area contributed by atoms with Crippen molar-refractivity contribution in [3.8, 4) is 0 Å². The molecule has 0 atom stereocenters. The summed E-state index contributed by atoms with van der Waals surface area (Å²) in [4.78, 5) is 5.68. The van der Waals surface area contributed by atoms with Gasteiger partial charge in [0.25, 0.3) is 0 Å². The molecule has 0 unspecified atom stereocenters. The van der Waals surface area contributed by atoms with Crippen molar-refractivity contribution in [1.82, 2.24) is 4.98 Å². The highest BCUT2D eigenvalue weighted by atomic mass is 32.2. The number of nitrogens with one attached hydrogen (secondary N) is 1. The molecule has 0 spiro atoms. The first-order chi connectivity index (χ1) is 8.79. The zero-order valence-electron chi connectivity index (χ0n) is 10.8. The minimum atomic E-state index is 0.934. The van der Waals surface area contributed by atoms with Gasteiger partial charge in [-0.15, -0.1) is 11.3 Å². The van der Waals surface area contributed by atoms with E-state index in [1.807, 2.05) is 18.0 Å². The molecule has 0 aliphatic carbocycles. The third kappa shape index (κ3) is 3.75. The molecule has 0 amide bonds. The summed E-state index contributed by atoms with van der Waals surface area (Å²) >= 11 is 3.70. The quantitative estimate of drug-likeness (QED) is 0.852. The Morgan fingerprint density at radius 1 is 1.28 bits per heavy atom. The fourth-order valence-corrected chi connectivity index (χ4v) is 3.72. The number of aryl methyl sites for hydroxylation is 1. The van der Waals surface area contributed by atoms with Crippen LogP contribution in [0.2, 0.25) is 0 Å². The Kier molecular flexibility index (Phi) is 5.08. The summed E-state index contributed by atoms with van der Waals surface area (Å²) in [6, 6.07) is 8.58. The summed E-state index contributed by atoms with van der Waals surface area (Å²) in [5.74, 6) is 2.11. The molecule has 0 aliphatic heterocycles. The maximum Gasteiger partial charge on any atom is 0.182 e. The second kappa shape index (κ2) is 6.81. The van der Waals surface area contributed by atoms with E-state index in [0.29, 0.717) is 0 Å². The van der Waals surface area contributed by atoms with E-state index < -0.39 is 0 Å². The SMILES string of the molecule is CCNc1ncc(CSCc2ccccc2C)s1. The molecule has 0 radical (unpaired) electrons. The van der Waals surface area contributed by atoms with Gasteiger partial charge in [-0.2, -0.15) is 11.8 Å². The van der Waals surface area contributed by atoms with Gasteiger partial charge in [0.05, 0.1) is 0 Å². The first kappa shape index (κ1) is 13.4. The third-order valence-electron chi connectivity index (χ3n) is 2.64. The fourth-order valence-electron chi connectivity index (χ4n) is 1.64. The molecule has 2 rings (SSSR count). The molecular formula is C14H18N2S2. The molecule has 0 aliphatic rings. The lowest BCUT2D eigenvalue weighted by Crippen LogP contribution is -1.94. The van der Waals surface area contributed by atoms with E-state index in [2.05, 4.69) is 48.4 Å². The molecule has 0 bridgehead atoms. The van der Waals surface area contributed by atoms with Crippen LogP contribution >= 0.6 is 23.1 Å². The number of thiazole rings is 1. The largest absolute Gasteiger partial charge is 0.362 e. The smallest absolute Gasteiger partial charge is 0.182 e. The zero-order chi connectivity index (χ0) is 12.8. The summed E-state index contributed by atoms with van der Waals surface area (Å²) in [5.41, 5.74) is 2.81. The van der Waals surface area contributed by atoms with Crippen LogP contribution in [-0.2, 0) is 11.5 Å². The molecule has 4 heteroatoms. The summed E-state index contributed by atoms with van der Waals surface area (Å²) in [7, 11) is 0. The Morgan fingerprint density at radius 2 is 2.11 bits per heavy atom. The van der Waals surface area contributed by atoms with Gasteiger partial charge < -0.3 is 5.32 Å². The minimum absolute atomic E-state index is 0.934. The predicted octanol–water partition coefficient (Wildman–Crippen LogP) is 4.32. The number of rotatable bonds is 6. The topological polar surface area (TPSA) is 24.9 Å². The van der Waals surface area contributed by atoms with E-state index in [1.54, 1.807) is 11.3 Å². The molecule has 1 N–H and O–H groups in total. The Balaban J connectivity index is 1.83. The molecule has 96 valence electrons. The molecule has 0 saturated heterocycles. The number of hydrogen-bond acceptors (Lipinski definition) is 4. The van der Waals surface area contributed by atoms with Crippen molar-refractivity contribution < 1.29 is 0 Å². The van der Waals surface area contributed by atoms with Gasteiger partial charge in [-0.3, -0.25) is 0 Å². The Hall–Kier alpha value is -1.00. The number of benzene rings is 1. The van der Waals surface area contributed by atoms with Crippen LogP contribution < -0.4 is 5.32 Å². The van der Waals surface area contributed by atoms with Crippen molar-refractivity contribution in [1.29, 1.82) is 0 Å². The number of anilines is 1. The van der Waals surface area contributed by atoms with E-state index in [0.717, 1.165) is 23.2 Å². The van der Waals surface area contributed by atoms with Crippen LogP contribution in [0.4, 0.5) is 5.13 Å². The second-order valence-corrected chi connectivity index (χ2v) is 6.18. The predicted molar refractivity (Wildman–Crippen MR) is 82.5 cm³/mol. The fraction of sp³-hybridized carbons (Fsp3) is 0.357. The lowest BCUT2D eigenvalue weighted by Gasteiger charge is -2.04. The van der Waals surface area contributed by atoms with Crippen LogP contribution in [0.5, 0.6) is 0 Å². The van der Waals surface area contributed by atoms with E-state index in [-0.39, 0.29) is 0 Å². The zero-order valence-corrected chi connectivity index (χ0v) is 12.4. The van der Waals surface area contributed by atoms with Crippen molar-refractivity contribution >= 4 is 28.2 Å². The van der Waals surface area contributed by atoms with Gasteiger partial charge in [0.15, 0.2) is 5.13 Å². The van der Waals surface area contributed by atoms with Crippen LogP contribution in [0, 0.1) is 6.92 Å². The van der Waals surface area contributed by atoms with Crippen LogP contribution in [0.1, 0.15) is 22.9 Å². The first-order valence-corrected chi connectivity index (χ1v) is 8.07. The monoisotopic (exact) mass is 278 g/mol. The van der Waals surface area contributed by atoms with Gasteiger partial charge in [-0.05, 0) is 25.0 Å². The third-order valence-corrected chi connectivity index (χ3v) is 4.81. The van der Waals surface area contributed by atoms with Crippen molar-refractivity contribution in [2.24, 2.45) is 0 Å². The standard InChI is InChI=1S/C14H18N2S2/c1-3-15-14-16-8-13(18-14)10-17-9-12-7-5-4-6-11(12)2/h4-8H,3,9-10H2,1-2H3,(H,15,16). The molecule has 0 fully saturated rings. The first-order valence-electron chi connectivity index (χ1n) is 6.10. The highest BCUT2D eigenvalue weighted by Crippen LogP contribution is 2.25. The van der Waals surface area contributed by atoms with Crippen molar-refractivity contribution in [3.63, 3.8) is 0 Å². The molecule has 2 nitrogen and oxygen atoms in total. The van der Waals surface area contributed by atoms with Gasteiger partial charge in [0.1, 0.15) is 0 Å². The molecule has 1 aromatic carbocycles. The Bertz CT molecular complexity index is 494. The number of hydrogen-bond donors (Lipinski definition) is 1. The van der Waals surface area contributed by atoms with Gasteiger partial charge in [-0.1, -0.05) is 24.3 Å². The molecule has 18 heavy (non-hydrogen) atoms. The number of nitrogens with zero attached hydrogens (tertiary/aromatic N) is 1. The average molecular weight is 278 g/mol. The number of thioether (sulfide) groups is 1. The average Bonchev–Trinajstić information content (AvgIpc) is 2.80. The normalized spacial score (nSPS) is 10.6. The Morgan fingerprint density at radius 3 is 2.89 bits per heavy atom. The van der Waals surface area contributed by atoms with Crippen molar-refractivity contribution in [2.45, 2.75) is 25.4 Å². The van der Waals surface area contributed by atoms with Crippen molar-refractivity contribution in [2.75, 3.05) is 11.9 Å². The molecule has 1 aromatic heterocycles. The van der Waals surface area contributed by atoms with Crippen LogP contribution in [0.3, 0.4) is 0 Å². The maximum absolute atomic E-state index is 4.34. The number of aromatic nitrogens is 1. The van der Waals surface area contributed by atoms with Crippen LogP contribution in [-0.4, -0.2) is 11.5 Å². The van der Waals surface area contributed by atoms with Gasteiger partial charge in [0.2, 0.25) is 0 Å². The lowest BCUT2D eigenvalue weighted by molar-refractivity contribution is 1.19. The van der Waals surface area contributed by atoms with Gasteiger partial charge in [-0.25, -0.2) is 4.98 Å². The van der Waals surface area contributed by atoms with Crippen LogP contribution in [0.25, 0.3) is 0 Å². The summed E-state index contributed by atoms with van der Waals surface area (Å²) in [6.45, 7) is 5.20. The summed E-state index contributed by atoms with van der Waals surface area (Å²) in [5, 5.41) is 4.27. The molecule has 2 aromatic rings. The summed E-state index contributed by atoms with van der Waals surface area (Å²) in [6.07, 6.45) is 1.98. The van der Waals surface area contributed by atoms with Gasteiger partial charge in [0, 0.05) is 29.1 Å². The second-order valence-electron chi connectivity index (χ2n) is 4.08. The molecule has 0 saturated carbocycles. The summed E-state index contributed by atoms with van der Waals surface area (Å²) < 4.78 is 0. The van der Waals surface area contributed by atoms with E-state index >= 15 is 0 Å². The lowest BCUT2D eigenvalue weighted by atomic mass is 10.1. The van der Waals surface area contributed by atoms with Gasteiger partial charge >= 0.3 is 0 Å². The van der Waals surface area contributed by atoms with E-state index in [9.17, 15) is 0 Å². The van der Waals surface area contributed by atoms with Crippen LogP contribution in [0.15, 0.2) is 30.5 Å². The highest BCUT2D eigenvalue weighted by Gasteiger charge is 2.02. The van der Waals surface area contributed by atoms with E-state index in [4.69, 9.17) is 0 Å². The van der Waals surface area contributed by atoms with Crippen molar-refractivity contribution in [3.05, 3.63) is 46.5 Å². The highest BCUT2D eigenvalue weighted by molar-refractivity contribution is 7.97. The molecule has 1 heterocycles. The maximum atomic E-state index is 4.34. The Labute approximate surface area is 117 Å². The van der Waals surface area contributed by atoms with E-state index in [1.165, 1.54) is 16.0 Å². The molecular weight excluding hydrogens is 260 g/mol. The minimum Gasteiger partial charge on any atom is -0.362 e.